The molecule has 0 aromatic rings. The zero-order chi connectivity index (χ0) is 50.7. The maximum Gasteiger partial charge on any atom is 0.306 e. The predicted molar refractivity (Wildman–Crippen MR) is 302 cm³/mol. The number of allylic oxidation sites excluding steroid dienone is 16. The number of carbonyl (C=O) groups is 3. The van der Waals surface area contributed by atoms with E-state index >= 15 is 0 Å². The van der Waals surface area contributed by atoms with Gasteiger partial charge in [0.25, 0.3) is 0 Å². The van der Waals surface area contributed by atoms with Crippen molar-refractivity contribution in [1.29, 1.82) is 0 Å². The van der Waals surface area contributed by atoms with Crippen molar-refractivity contribution in [2.24, 2.45) is 0 Å². The summed E-state index contributed by atoms with van der Waals surface area (Å²) < 4.78 is 16.8. The van der Waals surface area contributed by atoms with E-state index in [2.05, 4.69) is 118 Å². The van der Waals surface area contributed by atoms with Gasteiger partial charge in [0.2, 0.25) is 0 Å². The highest BCUT2D eigenvalue weighted by molar-refractivity contribution is 5.71. The number of hydrogen-bond acceptors (Lipinski definition) is 6. The molecule has 0 bridgehead atoms. The Morgan fingerprint density at radius 2 is 0.557 bits per heavy atom. The van der Waals surface area contributed by atoms with E-state index in [0.717, 1.165) is 116 Å². The summed E-state index contributed by atoms with van der Waals surface area (Å²) in [4.78, 5) is 38.1. The van der Waals surface area contributed by atoms with E-state index in [1.807, 2.05) is 0 Å². The van der Waals surface area contributed by atoms with Gasteiger partial charge in [-0.15, -0.1) is 0 Å². The average Bonchev–Trinajstić information content (AvgIpc) is 3.36. The van der Waals surface area contributed by atoms with Crippen LogP contribution in [-0.4, -0.2) is 37.2 Å². The molecule has 0 aromatic carbocycles. The molecular formula is C64H108O6. The molecule has 70 heavy (non-hydrogen) atoms. The van der Waals surface area contributed by atoms with Crippen molar-refractivity contribution >= 4 is 17.9 Å². The van der Waals surface area contributed by atoms with Crippen LogP contribution >= 0.6 is 0 Å². The molecule has 0 spiro atoms. The van der Waals surface area contributed by atoms with Crippen LogP contribution in [0.3, 0.4) is 0 Å². The lowest BCUT2D eigenvalue weighted by molar-refractivity contribution is -0.167. The third-order valence-corrected chi connectivity index (χ3v) is 12.3. The summed E-state index contributed by atoms with van der Waals surface area (Å²) >= 11 is 0. The van der Waals surface area contributed by atoms with E-state index in [1.165, 1.54) is 116 Å². The zero-order valence-electron chi connectivity index (χ0n) is 45.8. The molecule has 0 amide bonds. The number of ether oxygens (including phenoxy) is 3. The highest BCUT2D eigenvalue weighted by Crippen LogP contribution is 2.15. The largest absolute Gasteiger partial charge is 0.462 e. The molecule has 400 valence electrons. The molecule has 0 fully saturated rings. The van der Waals surface area contributed by atoms with E-state index in [0.29, 0.717) is 19.3 Å². The highest BCUT2D eigenvalue weighted by Gasteiger charge is 2.19. The highest BCUT2D eigenvalue weighted by atomic mass is 16.6. The second-order valence-corrected chi connectivity index (χ2v) is 19.1. The molecule has 0 aliphatic carbocycles. The minimum absolute atomic E-state index is 0.0880. The lowest BCUT2D eigenvalue weighted by Gasteiger charge is -2.18. The smallest absolute Gasteiger partial charge is 0.306 e. The first-order valence-corrected chi connectivity index (χ1v) is 29.2. The van der Waals surface area contributed by atoms with Crippen LogP contribution in [0.1, 0.15) is 271 Å². The standard InChI is InChI=1S/C64H108O6/c1-4-7-10-13-16-19-22-25-26-27-28-29-30-31-32-33-34-35-36-37-38-40-42-45-48-51-54-57-63(66)69-60-61(59-68-62(65)56-53-50-47-44-41-24-21-18-15-12-9-6-3)70-64(67)58-55-52-49-46-43-39-23-20-17-14-11-8-5-2/h7-8,10-11,16-17,19-20,25-26,28-29,31-32,39,43,61H,4-6,9,12-15,18,21-24,27,30,33-38,40-42,44-60H2,1-3H3/b10-7-,11-8-,19-16-,20-17-,26-25-,29-28-,32-31-,43-39-. The topological polar surface area (TPSA) is 78.9 Å². The maximum atomic E-state index is 12.8. The summed E-state index contributed by atoms with van der Waals surface area (Å²) in [5, 5.41) is 0. The van der Waals surface area contributed by atoms with Crippen molar-refractivity contribution < 1.29 is 28.6 Å². The summed E-state index contributed by atoms with van der Waals surface area (Å²) in [5.41, 5.74) is 0. The van der Waals surface area contributed by atoms with Gasteiger partial charge in [-0.3, -0.25) is 14.4 Å². The fourth-order valence-electron chi connectivity index (χ4n) is 8.01. The van der Waals surface area contributed by atoms with Gasteiger partial charge in [-0.2, -0.15) is 0 Å². The monoisotopic (exact) mass is 973 g/mol. The van der Waals surface area contributed by atoms with Crippen molar-refractivity contribution in [3.05, 3.63) is 97.2 Å². The number of hydrogen-bond donors (Lipinski definition) is 0. The summed E-state index contributed by atoms with van der Waals surface area (Å²) in [6, 6.07) is 0. The van der Waals surface area contributed by atoms with E-state index in [9.17, 15) is 14.4 Å². The summed E-state index contributed by atoms with van der Waals surface area (Å²) in [6.07, 6.45) is 77.0. The van der Waals surface area contributed by atoms with Gasteiger partial charge in [-0.1, -0.05) is 253 Å². The van der Waals surface area contributed by atoms with Crippen LogP contribution in [0.15, 0.2) is 97.2 Å². The molecule has 0 aromatic heterocycles. The first-order chi connectivity index (χ1) is 34.5. The Kier molecular flexibility index (Phi) is 54.9. The molecular weight excluding hydrogens is 865 g/mol. The molecule has 0 radical (unpaired) electrons. The third-order valence-electron chi connectivity index (χ3n) is 12.3. The lowest BCUT2D eigenvalue weighted by Crippen LogP contribution is -2.30. The second kappa shape index (κ2) is 57.9. The van der Waals surface area contributed by atoms with Crippen LogP contribution in [0.4, 0.5) is 0 Å². The van der Waals surface area contributed by atoms with Crippen LogP contribution in [0.2, 0.25) is 0 Å². The third kappa shape index (κ3) is 55.3. The van der Waals surface area contributed by atoms with Crippen LogP contribution in [0, 0.1) is 0 Å². The molecule has 1 unspecified atom stereocenters. The number of rotatable bonds is 52. The van der Waals surface area contributed by atoms with Gasteiger partial charge >= 0.3 is 17.9 Å². The summed E-state index contributed by atoms with van der Waals surface area (Å²) in [7, 11) is 0. The van der Waals surface area contributed by atoms with Gasteiger partial charge < -0.3 is 14.2 Å². The fourth-order valence-corrected chi connectivity index (χ4v) is 8.01. The Balaban J connectivity index is 4.26. The van der Waals surface area contributed by atoms with Crippen LogP contribution in [0.5, 0.6) is 0 Å². The minimum Gasteiger partial charge on any atom is -0.462 e. The maximum absolute atomic E-state index is 12.8. The molecule has 0 saturated carbocycles. The quantitative estimate of drug-likeness (QED) is 0.0262. The first-order valence-electron chi connectivity index (χ1n) is 29.2. The van der Waals surface area contributed by atoms with Crippen molar-refractivity contribution in [3.8, 4) is 0 Å². The van der Waals surface area contributed by atoms with Crippen molar-refractivity contribution in [2.75, 3.05) is 13.2 Å². The summed E-state index contributed by atoms with van der Waals surface area (Å²) in [6.45, 7) is 6.39. The van der Waals surface area contributed by atoms with Gasteiger partial charge in [0.1, 0.15) is 13.2 Å². The van der Waals surface area contributed by atoms with Gasteiger partial charge in [-0.05, 0) is 96.3 Å². The number of carbonyl (C=O) groups excluding carboxylic acids is 3. The average molecular weight is 974 g/mol. The Hall–Kier alpha value is -3.67. The normalized spacial score (nSPS) is 12.8. The number of esters is 3. The van der Waals surface area contributed by atoms with Crippen LogP contribution in [-0.2, 0) is 28.6 Å². The van der Waals surface area contributed by atoms with E-state index in [-0.39, 0.29) is 31.1 Å². The number of unbranched alkanes of at least 4 members (excludes halogenated alkanes) is 25. The Labute approximate surface area is 432 Å². The van der Waals surface area contributed by atoms with E-state index in [1.54, 1.807) is 0 Å². The molecule has 0 aliphatic rings. The Morgan fingerprint density at radius 3 is 0.886 bits per heavy atom. The van der Waals surface area contributed by atoms with Crippen molar-refractivity contribution in [3.63, 3.8) is 0 Å². The second-order valence-electron chi connectivity index (χ2n) is 19.1. The molecule has 0 aliphatic heterocycles. The van der Waals surface area contributed by atoms with E-state index in [4.69, 9.17) is 14.2 Å². The van der Waals surface area contributed by atoms with Crippen LogP contribution in [0.25, 0.3) is 0 Å². The minimum atomic E-state index is -0.792. The molecule has 6 nitrogen and oxygen atoms in total. The van der Waals surface area contributed by atoms with Crippen molar-refractivity contribution in [1.82, 2.24) is 0 Å². The molecule has 0 heterocycles. The summed E-state index contributed by atoms with van der Waals surface area (Å²) in [5.74, 6) is -0.917. The van der Waals surface area contributed by atoms with Crippen molar-refractivity contribution in [2.45, 2.75) is 277 Å². The molecule has 1 atom stereocenters. The van der Waals surface area contributed by atoms with Crippen LogP contribution < -0.4 is 0 Å². The molecule has 0 saturated heterocycles. The van der Waals surface area contributed by atoms with Gasteiger partial charge in [0.05, 0.1) is 0 Å². The Morgan fingerprint density at radius 1 is 0.300 bits per heavy atom. The van der Waals surface area contributed by atoms with E-state index < -0.39 is 6.10 Å². The Bertz CT molecular complexity index is 1400. The lowest BCUT2D eigenvalue weighted by atomic mass is 10.0. The first kappa shape index (κ1) is 66.3. The fraction of sp³-hybridized carbons (Fsp3) is 0.703. The molecule has 6 heteroatoms. The zero-order valence-corrected chi connectivity index (χ0v) is 45.8. The SMILES string of the molecule is CC/C=C\C/C=C\C/C=C\C/C=C\C/C=C\CCCCCCCCCCCCCC(=O)OCC(COC(=O)CCCCCCCCCCCCCC)OC(=O)CCCCC/C=C\C/C=C\C/C=C\CC. The van der Waals surface area contributed by atoms with Gasteiger partial charge in [0, 0.05) is 19.3 Å². The molecule has 0 N–H and O–H groups in total. The molecule has 0 rings (SSSR count). The van der Waals surface area contributed by atoms with Gasteiger partial charge in [-0.25, -0.2) is 0 Å². The predicted octanol–water partition coefficient (Wildman–Crippen LogP) is 19.7. The van der Waals surface area contributed by atoms with Gasteiger partial charge in [0.15, 0.2) is 6.10 Å².